The summed E-state index contributed by atoms with van der Waals surface area (Å²) in [4.78, 5) is 0. The highest BCUT2D eigenvalue weighted by Gasteiger charge is 2.20. The first-order chi connectivity index (χ1) is 11.3. The molecule has 3 rings (SSSR count). The lowest BCUT2D eigenvalue weighted by molar-refractivity contribution is 0.418. The number of benzene rings is 2. The minimum Gasteiger partial charge on any atom is -0.456 e. The van der Waals surface area contributed by atoms with Crippen LogP contribution in [0.15, 0.2) is 42.5 Å². The van der Waals surface area contributed by atoms with Crippen molar-refractivity contribution >= 4 is 0 Å². The van der Waals surface area contributed by atoms with Crippen molar-refractivity contribution in [2.24, 2.45) is 0 Å². The quantitative estimate of drug-likeness (QED) is 0.776. The molecule has 3 heteroatoms. The second-order valence-corrected chi connectivity index (χ2v) is 5.88. The van der Waals surface area contributed by atoms with Gasteiger partial charge in [-0.25, -0.2) is 0 Å². The summed E-state index contributed by atoms with van der Waals surface area (Å²) in [5.74, 6) is 1.77. The largest absolute Gasteiger partial charge is 0.456 e. The lowest BCUT2D eigenvalue weighted by Gasteiger charge is -2.24. The van der Waals surface area contributed by atoms with Gasteiger partial charge in [0.2, 0.25) is 0 Å². The normalized spacial score (nSPS) is 14.7. The fourth-order valence-corrected chi connectivity index (χ4v) is 3.27. The summed E-state index contributed by atoms with van der Waals surface area (Å²) >= 11 is 0. The van der Waals surface area contributed by atoms with Crippen molar-refractivity contribution in [1.82, 2.24) is 0 Å². The van der Waals surface area contributed by atoms with E-state index in [1.807, 2.05) is 24.3 Å². The minimum absolute atomic E-state index is 0.299. The predicted molar refractivity (Wildman–Crippen MR) is 88.2 cm³/mol. The van der Waals surface area contributed by atoms with Crippen molar-refractivity contribution in [3.8, 4) is 23.6 Å². The highest BCUT2D eigenvalue weighted by atomic mass is 16.5. The zero-order valence-electron chi connectivity index (χ0n) is 13.0. The molecule has 0 amide bonds. The molecule has 0 heterocycles. The molecule has 0 radical (unpaired) electrons. The van der Waals surface area contributed by atoms with Crippen LogP contribution in [0.3, 0.4) is 0 Å². The molecule has 1 aliphatic rings. The monoisotopic (exact) mass is 302 g/mol. The lowest BCUT2D eigenvalue weighted by atomic mass is 9.84. The fourth-order valence-electron chi connectivity index (χ4n) is 3.27. The first kappa shape index (κ1) is 15.1. The van der Waals surface area contributed by atoms with Crippen LogP contribution in [-0.2, 0) is 0 Å². The molecule has 0 unspecified atom stereocenters. The lowest BCUT2D eigenvalue weighted by Crippen LogP contribution is -2.06. The van der Waals surface area contributed by atoms with Gasteiger partial charge in [0.1, 0.15) is 29.2 Å². The van der Waals surface area contributed by atoms with Gasteiger partial charge in [-0.05, 0) is 42.5 Å². The molecular weight excluding hydrogens is 284 g/mol. The Bertz CT molecular complexity index is 777. The Morgan fingerprint density at radius 1 is 0.826 bits per heavy atom. The van der Waals surface area contributed by atoms with Crippen LogP contribution in [0.5, 0.6) is 11.5 Å². The third-order valence-electron chi connectivity index (χ3n) is 4.44. The Morgan fingerprint density at radius 3 is 2.30 bits per heavy atom. The number of ether oxygens (including phenoxy) is 1. The Hall–Kier alpha value is -2.78. The molecule has 3 nitrogen and oxygen atoms in total. The Balaban J connectivity index is 1.96. The Labute approximate surface area is 136 Å². The van der Waals surface area contributed by atoms with Crippen molar-refractivity contribution in [3.63, 3.8) is 0 Å². The molecule has 1 saturated carbocycles. The molecule has 0 spiro atoms. The van der Waals surface area contributed by atoms with Crippen LogP contribution in [0.25, 0.3) is 0 Å². The number of hydrogen-bond donors (Lipinski definition) is 0. The van der Waals surface area contributed by atoms with Gasteiger partial charge in [0.15, 0.2) is 0 Å². The average Bonchev–Trinajstić information content (AvgIpc) is 2.62. The van der Waals surface area contributed by atoms with Gasteiger partial charge < -0.3 is 4.74 Å². The van der Waals surface area contributed by atoms with E-state index < -0.39 is 0 Å². The summed E-state index contributed by atoms with van der Waals surface area (Å²) < 4.78 is 6.05. The second kappa shape index (κ2) is 6.99. The smallest absolute Gasteiger partial charge is 0.146 e. The van der Waals surface area contributed by atoms with E-state index in [9.17, 15) is 5.26 Å². The maximum Gasteiger partial charge on any atom is 0.146 e. The van der Waals surface area contributed by atoms with E-state index in [0.717, 1.165) is 5.75 Å². The fraction of sp³-hybridized carbons (Fsp3) is 0.300. The minimum atomic E-state index is 0.299. The van der Waals surface area contributed by atoms with E-state index in [-0.39, 0.29) is 0 Å². The van der Waals surface area contributed by atoms with Crippen molar-refractivity contribution in [3.05, 3.63) is 59.2 Å². The van der Waals surface area contributed by atoms with E-state index in [4.69, 9.17) is 10.00 Å². The highest BCUT2D eigenvalue weighted by molar-refractivity contribution is 5.55. The molecule has 23 heavy (non-hydrogen) atoms. The number of hydrogen-bond acceptors (Lipinski definition) is 3. The third kappa shape index (κ3) is 3.20. The maximum atomic E-state index is 9.35. The van der Waals surface area contributed by atoms with Gasteiger partial charge in [0.05, 0.1) is 5.56 Å². The third-order valence-corrected chi connectivity index (χ3v) is 4.44. The summed E-state index contributed by atoms with van der Waals surface area (Å²) in [6, 6.07) is 17.3. The summed E-state index contributed by atoms with van der Waals surface area (Å²) in [7, 11) is 0. The van der Waals surface area contributed by atoms with Crippen LogP contribution in [0.2, 0.25) is 0 Å². The highest BCUT2D eigenvalue weighted by Crippen LogP contribution is 2.39. The van der Waals surface area contributed by atoms with Gasteiger partial charge in [-0.1, -0.05) is 43.5 Å². The second-order valence-electron chi connectivity index (χ2n) is 5.88. The summed E-state index contributed by atoms with van der Waals surface area (Å²) in [6.45, 7) is 0. The zero-order valence-corrected chi connectivity index (χ0v) is 13.0. The molecule has 0 aliphatic heterocycles. The molecule has 0 bridgehead atoms. The maximum absolute atomic E-state index is 9.35. The summed E-state index contributed by atoms with van der Waals surface area (Å²) in [6.07, 6.45) is 6.19. The van der Waals surface area contributed by atoms with Gasteiger partial charge in [-0.2, -0.15) is 10.5 Å². The predicted octanol–water partition coefficient (Wildman–Crippen LogP) is 5.27. The van der Waals surface area contributed by atoms with Crippen LogP contribution in [-0.4, -0.2) is 0 Å². The van der Waals surface area contributed by atoms with Crippen LogP contribution < -0.4 is 4.74 Å². The van der Waals surface area contributed by atoms with Crippen molar-refractivity contribution in [2.75, 3.05) is 0 Å². The Kier molecular flexibility index (Phi) is 4.60. The van der Waals surface area contributed by atoms with Crippen molar-refractivity contribution in [1.29, 1.82) is 10.5 Å². The molecule has 0 saturated heterocycles. The average molecular weight is 302 g/mol. The first-order valence-electron chi connectivity index (χ1n) is 8.03. The number of nitrogens with zero attached hydrogens (tertiary/aromatic N) is 2. The molecule has 0 atom stereocenters. The van der Waals surface area contributed by atoms with Crippen LogP contribution in [0.1, 0.15) is 54.7 Å². The van der Waals surface area contributed by atoms with E-state index >= 15 is 0 Å². The molecule has 0 N–H and O–H groups in total. The zero-order chi connectivity index (χ0) is 16.1. The van der Waals surface area contributed by atoms with E-state index in [0.29, 0.717) is 22.8 Å². The van der Waals surface area contributed by atoms with Gasteiger partial charge in [0.25, 0.3) is 0 Å². The number of rotatable bonds is 3. The molecule has 2 aromatic rings. The van der Waals surface area contributed by atoms with Gasteiger partial charge >= 0.3 is 0 Å². The summed E-state index contributed by atoms with van der Waals surface area (Å²) in [5.41, 5.74) is 1.85. The Morgan fingerprint density at radius 2 is 1.57 bits per heavy atom. The van der Waals surface area contributed by atoms with Crippen LogP contribution >= 0.6 is 0 Å². The number of nitriles is 2. The SMILES string of the molecule is N#Cc1cccc(Oc2ccccc2C2CCCCC2)c1C#N. The molecule has 1 aliphatic carbocycles. The molecule has 114 valence electrons. The van der Waals surface area contributed by atoms with Crippen LogP contribution in [0, 0.1) is 22.7 Å². The van der Waals surface area contributed by atoms with Gasteiger partial charge in [-0.15, -0.1) is 0 Å². The van der Waals surface area contributed by atoms with Crippen LogP contribution in [0.4, 0.5) is 0 Å². The first-order valence-corrected chi connectivity index (χ1v) is 8.03. The molecule has 2 aromatic carbocycles. The standard InChI is InChI=1S/C20H18N2O/c21-13-16-9-6-12-20(18(16)14-22)23-19-11-5-4-10-17(19)15-7-2-1-3-8-15/h4-6,9-12,15H,1-3,7-8H2. The van der Waals surface area contributed by atoms with Crippen molar-refractivity contribution in [2.45, 2.75) is 38.0 Å². The van der Waals surface area contributed by atoms with E-state index in [2.05, 4.69) is 12.1 Å². The molecule has 0 aromatic heterocycles. The van der Waals surface area contributed by atoms with Gasteiger partial charge in [-0.3, -0.25) is 0 Å². The summed E-state index contributed by atoms with van der Waals surface area (Å²) in [5, 5.41) is 18.5. The molecular formula is C20H18N2O. The van der Waals surface area contributed by atoms with E-state index in [1.165, 1.54) is 37.7 Å². The topological polar surface area (TPSA) is 56.8 Å². The van der Waals surface area contributed by atoms with E-state index in [1.54, 1.807) is 18.2 Å². The number of para-hydroxylation sites is 1. The molecule has 1 fully saturated rings. The van der Waals surface area contributed by atoms with Crippen molar-refractivity contribution < 1.29 is 4.74 Å². The van der Waals surface area contributed by atoms with Gasteiger partial charge in [0, 0.05) is 0 Å².